The van der Waals surface area contributed by atoms with Gasteiger partial charge in [0.2, 0.25) is 0 Å². The van der Waals surface area contributed by atoms with E-state index in [0.29, 0.717) is 12.8 Å². The average molecular weight is 204 g/mol. The number of allylic oxidation sites excluding steroid dienone is 2. The second kappa shape index (κ2) is 5.16. The van der Waals surface area contributed by atoms with Crippen molar-refractivity contribution in [2.45, 2.75) is 38.4 Å². The summed E-state index contributed by atoms with van der Waals surface area (Å²) in [6.07, 6.45) is 1.19. The maximum Gasteiger partial charge on any atom is 0.0273 e. The Hall–Kier alpha value is -1.04. The van der Waals surface area contributed by atoms with Crippen LogP contribution < -0.4 is 0 Å². The van der Waals surface area contributed by atoms with Crippen molar-refractivity contribution < 1.29 is 5.48 Å². The van der Waals surface area contributed by atoms with E-state index in [1.165, 1.54) is 0 Å². The molecule has 1 aromatic carbocycles. The van der Waals surface area contributed by atoms with E-state index < -0.39 is 18.7 Å². The Labute approximate surface area is 98.6 Å². The highest BCUT2D eigenvalue weighted by atomic mass is 14.2. The molecule has 0 nitrogen and oxygen atoms in total. The average Bonchev–Trinajstić information content (AvgIpc) is 2.34. The van der Waals surface area contributed by atoms with E-state index in [1.807, 2.05) is 37.3 Å². The van der Waals surface area contributed by atoms with Gasteiger partial charge in [-0.25, -0.2) is 0 Å². The zero-order valence-electron chi connectivity index (χ0n) is 13.1. The lowest BCUT2D eigenvalue weighted by atomic mass is 9.79. The van der Waals surface area contributed by atoms with Crippen LogP contribution in [0.2, 0.25) is 0 Å². The Balaban J connectivity index is 2.31. The molecule has 0 unspecified atom stereocenters. The minimum absolute atomic E-state index is 0.0484. The topological polar surface area (TPSA) is 0 Å². The first kappa shape index (κ1) is 6.52. The highest BCUT2D eigenvalue weighted by Gasteiger charge is 2.20. The molecule has 80 valence electrons. The van der Waals surface area contributed by atoms with Crippen LogP contribution in [0.15, 0.2) is 42.5 Å². The molecule has 0 aliphatic heterocycles. The van der Waals surface area contributed by atoms with Crippen molar-refractivity contribution in [3.8, 4) is 0 Å². The normalized spacial score (nSPS) is 37.7. The van der Waals surface area contributed by atoms with Crippen LogP contribution in [-0.2, 0) is 0 Å². The molecule has 0 radical (unpaired) electrons. The largest absolute Gasteiger partial charge is 0.0914 e. The van der Waals surface area contributed by atoms with Gasteiger partial charge in [0.05, 0.1) is 0 Å². The quantitative estimate of drug-likeness (QED) is 0.621. The molecule has 0 N–H and O–H groups in total. The van der Waals surface area contributed by atoms with Crippen LogP contribution in [0.5, 0.6) is 0 Å². The first-order chi connectivity index (χ1) is 8.87. The lowest BCUT2D eigenvalue weighted by Gasteiger charge is -2.27. The fraction of sp³-hybridized carbons (Fsp3) is 0.467. The fourth-order valence-corrected chi connectivity index (χ4v) is 1.97. The Kier molecular flexibility index (Phi) is 2.24. The molecule has 1 aromatic rings. The number of hydrogen-bond donors (Lipinski definition) is 0. The molecule has 1 fully saturated rings. The van der Waals surface area contributed by atoms with Gasteiger partial charge in [-0.15, -0.1) is 0 Å². The van der Waals surface area contributed by atoms with Crippen molar-refractivity contribution in [2.75, 3.05) is 0 Å². The first-order valence-electron chi connectivity index (χ1n) is 7.54. The Morgan fingerprint density at radius 1 is 1.20 bits per heavy atom. The minimum atomic E-state index is -1.51. The minimum Gasteiger partial charge on any atom is -0.0914 e. The van der Waals surface area contributed by atoms with Crippen LogP contribution >= 0.6 is 0 Å². The molecule has 1 saturated carbocycles. The summed E-state index contributed by atoms with van der Waals surface area (Å²) in [6.45, 7) is 1.81. The molecule has 2 rings (SSSR count). The maximum atomic E-state index is 8.20. The van der Waals surface area contributed by atoms with Crippen LogP contribution in [0.25, 0.3) is 0 Å². The molecule has 0 bridgehead atoms. The van der Waals surface area contributed by atoms with Gasteiger partial charge in [-0.05, 0) is 49.9 Å². The second-order valence-electron chi connectivity index (χ2n) is 3.93. The molecule has 0 amide bonds. The SMILES string of the molecule is [2H]C1([2H])C[C@H](c2ccccc2)CC([2H])([2H])[C@H]1/C=C/C. The van der Waals surface area contributed by atoms with E-state index in [0.717, 1.165) is 5.56 Å². The van der Waals surface area contributed by atoms with E-state index in [-0.39, 0.29) is 5.92 Å². The van der Waals surface area contributed by atoms with E-state index in [1.54, 1.807) is 12.2 Å². The molecule has 0 heterocycles. The predicted molar refractivity (Wildman–Crippen MR) is 66.0 cm³/mol. The van der Waals surface area contributed by atoms with E-state index in [2.05, 4.69) is 0 Å². The fourth-order valence-electron chi connectivity index (χ4n) is 1.97. The lowest BCUT2D eigenvalue weighted by molar-refractivity contribution is 0.375. The monoisotopic (exact) mass is 204 g/mol. The van der Waals surface area contributed by atoms with E-state index >= 15 is 0 Å². The smallest absolute Gasteiger partial charge is 0.0273 e. The molecule has 1 aliphatic carbocycles. The molecule has 0 heteroatoms. The molecule has 0 aromatic heterocycles. The third-order valence-corrected chi connectivity index (χ3v) is 2.82. The van der Waals surface area contributed by atoms with Gasteiger partial charge in [0.25, 0.3) is 0 Å². The summed E-state index contributed by atoms with van der Waals surface area (Å²) in [6, 6.07) is 9.72. The highest BCUT2D eigenvalue weighted by Crippen LogP contribution is 2.35. The highest BCUT2D eigenvalue weighted by molar-refractivity contribution is 5.20. The Bertz CT molecular complexity index is 432. The van der Waals surface area contributed by atoms with E-state index in [9.17, 15) is 0 Å². The molecule has 15 heavy (non-hydrogen) atoms. The van der Waals surface area contributed by atoms with Crippen LogP contribution in [0.3, 0.4) is 0 Å². The summed E-state index contributed by atoms with van der Waals surface area (Å²) in [5.41, 5.74) is 1.04. The summed E-state index contributed by atoms with van der Waals surface area (Å²) in [5.74, 6) is -0.710. The molecule has 0 atom stereocenters. The van der Waals surface area contributed by atoms with Gasteiger partial charge in [0.15, 0.2) is 0 Å². The number of rotatable bonds is 2. The summed E-state index contributed by atoms with van der Waals surface area (Å²) in [4.78, 5) is 0. The van der Waals surface area contributed by atoms with Gasteiger partial charge >= 0.3 is 0 Å². The number of hydrogen-bond acceptors (Lipinski definition) is 0. The molecule has 1 aliphatic rings. The molecule has 0 saturated heterocycles. The summed E-state index contributed by atoms with van der Waals surface area (Å²) < 4.78 is 32.8. The van der Waals surface area contributed by atoms with Gasteiger partial charge < -0.3 is 0 Å². The van der Waals surface area contributed by atoms with Crippen molar-refractivity contribution in [3.05, 3.63) is 48.0 Å². The Morgan fingerprint density at radius 3 is 2.47 bits per heavy atom. The van der Waals surface area contributed by atoms with Crippen LogP contribution in [0.1, 0.15) is 49.5 Å². The standard InChI is InChI=1S/C15H20/c1-2-6-13-9-11-15(12-10-13)14-7-4-3-5-8-14/h2-8,13,15H,9-12H2,1H3/b6-2+/t13-,15-/i9D2,10D2. The van der Waals surface area contributed by atoms with Gasteiger partial charge in [-0.3, -0.25) is 0 Å². The summed E-state index contributed by atoms with van der Waals surface area (Å²) in [7, 11) is 0. The summed E-state index contributed by atoms with van der Waals surface area (Å²) >= 11 is 0. The zero-order valence-corrected chi connectivity index (χ0v) is 9.11. The van der Waals surface area contributed by atoms with Crippen LogP contribution in [0, 0.1) is 5.92 Å². The summed E-state index contributed by atoms with van der Waals surface area (Å²) in [5, 5.41) is 0. The van der Waals surface area contributed by atoms with Gasteiger partial charge in [-0.1, -0.05) is 42.5 Å². The van der Waals surface area contributed by atoms with Crippen LogP contribution in [0.4, 0.5) is 0 Å². The van der Waals surface area contributed by atoms with Gasteiger partial charge in [0.1, 0.15) is 0 Å². The molecule has 0 spiro atoms. The Morgan fingerprint density at radius 2 is 1.87 bits per heavy atom. The van der Waals surface area contributed by atoms with Crippen molar-refractivity contribution in [1.82, 2.24) is 0 Å². The number of benzene rings is 1. The molecular weight excluding hydrogens is 180 g/mol. The van der Waals surface area contributed by atoms with Crippen molar-refractivity contribution >= 4 is 0 Å². The second-order valence-corrected chi connectivity index (χ2v) is 3.93. The third-order valence-electron chi connectivity index (χ3n) is 2.82. The predicted octanol–water partition coefficient (Wildman–Crippen LogP) is 4.54. The van der Waals surface area contributed by atoms with Crippen molar-refractivity contribution in [3.63, 3.8) is 0 Å². The first-order valence-corrected chi connectivity index (χ1v) is 5.54. The van der Waals surface area contributed by atoms with Crippen molar-refractivity contribution in [2.24, 2.45) is 5.92 Å². The van der Waals surface area contributed by atoms with E-state index in [4.69, 9.17) is 5.48 Å². The van der Waals surface area contributed by atoms with Crippen molar-refractivity contribution in [1.29, 1.82) is 0 Å². The van der Waals surface area contributed by atoms with Gasteiger partial charge in [-0.2, -0.15) is 0 Å². The lowest BCUT2D eigenvalue weighted by Crippen LogP contribution is -2.11. The van der Waals surface area contributed by atoms with Crippen LogP contribution in [-0.4, -0.2) is 0 Å². The third kappa shape index (κ3) is 2.71. The zero-order chi connectivity index (χ0) is 14.1. The molecular formula is C15H20. The maximum absolute atomic E-state index is 8.20. The van der Waals surface area contributed by atoms with Gasteiger partial charge in [0, 0.05) is 5.48 Å².